The molecule has 2 rings (SSSR count). The quantitative estimate of drug-likeness (QED) is 0.838. The molecule has 16 heavy (non-hydrogen) atoms. The fraction of sp³-hybridized carbons (Fsp3) is 0.417. The molecule has 0 radical (unpaired) electrons. The highest BCUT2D eigenvalue weighted by molar-refractivity contribution is 5.72. The number of nitrogens with one attached hydrogen (secondary N) is 1. The Kier molecular flexibility index (Phi) is 3.54. The van der Waals surface area contributed by atoms with Gasteiger partial charge in [-0.2, -0.15) is 0 Å². The molecule has 1 amide bonds. The van der Waals surface area contributed by atoms with E-state index in [-0.39, 0.29) is 12.2 Å². The van der Waals surface area contributed by atoms with Crippen LogP contribution in [-0.2, 0) is 20.8 Å². The van der Waals surface area contributed by atoms with Gasteiger partial charge in [-0.3, -0.25) is 4.79 Å². The molecule has 1 aliphatic heterocycles. The zero-order valence-corrected chi connectivity index (χ0v) is 9.23. The summed E-state index contributed by atoms with van der Waals surface area (Å²) in [5, 5.41) is 2.75. The minimum absolute atomic E-state index is 0.0217. The summed E-state index contributed by atoms with van der Waals surface area (Å²) in [6, 6.07) is 7.87. The molecule has 0 aliphatic carbocycles. The van der Waals surface area contributed by atoms with Gasteiger partial charge in [0.25, 0.3) is 0 Å². The molecular weight excluding hydrogens is 206 g/mol. The lowest BCUT2D eigenvalue weighted by atomic mass is 10.1. The van der Waals surface area contributed by atoms with Gasteiger partial charge in [0.15, 0.2) is 6.29 Å². The smallest absolute Gasteiger partial charge is 0.217 e. The van der Waals surface area contributed by atoms with Crippen LogP contribution in [-0.4, -0.2) is 19.1 Å². The average molecular weight is 221 g/mol. The van der Waals surface area contributed by atoms with Gasteiger partial charge < -0.3 is 14.8 Å². The van der Waals surface area contributed by atoms with Gasteiger partial charge in [0.2, 0.25) is 5.91 Å². The fourth-order valence-electron chi connectivity index (χ4n) is 1.57. The second-order valence-electron chi connectivity index (χ2n) is 3.72. The van der Waals surface area contributed by atoms with Crippen molar-refractivity contribution in [1.29, 1.82) is 0 Å². The maximum atomic E-state index is 10.7. The Morgan fingerprint density at radius 3 is 2.50 bits per heavy atom. The molecule has 1 fully saturated rings. The molecule has 1 aromatic carbocycles. The Bertz CT molecular complexity index is 355. The van der Waals surface area contributed by atoms with Crippen LogP contribution in [0.1, 0.15) is 24.3 Å². The van der Waals surface area contributed by atoms with E-state index in [1.54, 1.807) is 0 Å². The number of carbonyl (C=O) groups excluding carboxylic acids is 1. The van der Waals surface area contributed by atoms with Gasteiger partial charge in [-0.05, 0) is 5.56 Å². The fourth-order valence-corrected chi connectivity index (χ4v) is 1.57. The van der Waals surface area contributed by atoms with Gasteiger partial charge in [-0.25, -0.2) is 0 Å². The Morgan fingerprint density at radius 2 is 1.94 bits per heavy atom. The SMILES string of the molecule is CC(=O)NCc1ccc(C2OCCO2)cc1. The minimum Gasteiger partial charge on any atom is -0.352 e. The van der Waals surface area contributed by atoms with Gasteiger partial charge in [0, 0.05) is 19.0 Å². The number of amides is 1. The monoisotopic (exact) mass is 221 g/mol. The molecule has 1 N–H and O–H groups in total. The number of rotatable bonds is 3. The summed E-state index contributed by atoms with van der Waals surface area (Å²) in [4.78, 5) is 10.7. The largest absolute Gasteiger partial charge is 0.352 e. The van der Waals surface area contributed by atoms with Crippen LogP contribution in [0.15, 0.2) is 24.3 Å². The van der Waals surface area contributed by atoms with Crippen molar-refractivity contribution < 1.29 is 14.3 Å². The van der Waals surface area contributed by atoms with Crippen LogP contribution in [0.5, 0.6) is 0 Å². The van der Waals surface area contributed by atoms with Crippen molar-refractivity contribution in [3.05, 3.63) is 35.4 Å². The standard InChI is InChI=1S/C12H15NO3/c1-9(14)13-8-10-2-4-11(5-3-10)12-15-6-7-16-12/h2-5,12H,6-8H2,1H3,(H,13,14). The molecule has 4 heteroatoms. The van der Waals surface area contributed by atoms with Gasteiger partial charge >= 0.3 is 0 Å². The average Bonchev–Trinajstić information content (AvgIpc) is 2.80. The molecule has 0 saturated carbocycles. The lowest BCUT2D eigenvalue weighted by Gasteiger charge is -2.10. The molecule has 1 aliphatic rings. The van der Waals surface area contributed by atoms with E-state index in [9.17, 15) is 4.79 Å². The van der Waals surface area contributed by atoms with Crippen LogP contribution in [0.3, 0.4) is 0 Å². The van der Waals surface area contributed by atoms with Crippen LogP contribution in [0.2, 0.25) is 0 Å². The van der Waals surface area contributed by atoms with E-state index in [1.165, 1.54) is 6.92 Å². The van der Waals surface area contributed by atoms with Gasteiger partial charge in [0.05, 0.1) is 13.2 Å². The van der Waals surface area contributed by atoms with Crippen molar-refractivity contribution in [2.45, 2.75) is 19.8 Å². The van der Waals surface area contributed by atoms with Crippen molar-refractivity contribution in [3.8, 4) is 0 Å². The Hall–Kier alpha value is -1.39. The summed E-state index contributed by atoms with van der Waals surface area (Å²) in [5.74, 6) is -0.0217. The molecule has 0 atom stereocenters. The van der Waals surface area contributed by atoms with E-state index >= 15 is 0 Å². The number of hydrogen-bond acceptors (Lipinski definition) is 3. The zero-order chi connectivity index (χ0) is 11.4. The Morgan fingerprint density at radius 1 is 1.31 bits per heavy atom. The number of hydrogen-bond donors (Lipinski definition) is 1. The van der Waals surface area contributed by atoms with E-state index in [4.69, 9.17) is 9.47 Å². The summed E-state index contributed by atoms with van der Waals surface area (Å²) in [6.07, 6.45) is -0.227. The van der Waals surface area contributed by atoms with Crippen LogP contribution < -0.4 is 5.32 Å². The van der Waals surface area contributed by atoms with E-state index in [0.717, 1.165) is 11.1 Å². The maximum Gasteiger partial charge on any atom is 0.217 e. The highest BCUT2D eigenvalue weighted by Gasteiger charge is 2.17. The normalized spacial score (nSPS) is 16.3. The lowest BCUT2D eigenvalue weighted by Crippen LogP contribution is -2.18. The predicted octanol–water partition coefficient (Wildman–Crippen LogP) is 1.37. The molecule has 86 valence electrons. The molecule has 0 bridgehead atoms. The zero-order valence-electron chi connectivity index (χ0n) is 9.23. The Balaban J connectivity index is 1.95. The highest BCUT2D eigenvalue weighted by Crippen LogP contribution is 2.23. The van der Waals surface area contributed by atoms with Crippen molar-refractivity contribution >= 4 is 5.91 Å². The number of benzene rings is 1. The van der Waals surface area contributed by atoms with E-state index in [1.807, 2.05) is 24.3 Å². The van der Waals surface area contributed by atoms with Gasteiger partial charge in [-0.1, -0.05) is 24.3 Å². The first-order valence-corrected chi connectivity index (χ1v) is 5.32. The molecule has 0 aromatic heterocycles. The second-order valence-corrected chi connectivity index (χ2v) is 3.72. The topological polar surface area (TPSA) is 47.6 Å². The third-order valence-corrected chi connectivity index (χ3v) is 2.42. The summed E-state index contributed by atoms with van der Waals surface area (Å²) in [6.45, 7) is 3.37. The minimum atomic E-state index is -0.227. The van der Waals surface area contributed by atoms with Crippen molar-refractivity contribution in [2.75, 3.05) is 13.2 Å². The first-order chi connectivity index (χ1) is 7.75. The lowest BCUT2D eigenvalue weighted by molar-refractivity contribution is -0.119. The van der Waals surface area contributed by atoms with Gasteiger partial charge in [-0.15, -0.1) is 0 Å². The highest BCUT2D eigenvalue weighted by atomic mass is 16.7. The number of carbonyl (C=O) groups is 1. The third kappa shape index (κ3) is 2.81. The van der Waals surface area contributed by atoms with E-state index in [0.29, 0.717) is 19.8 Å². The summed E-state index contributed by atoms with van der Waals surface area (Å²) in [7, 11) is 0. The van der Waals surface area contributed by atoms with E-state index in [2.05, 4.69) is 5.32 Å². The maximum absolute atomic E-state index is 10.7. The summed E-state index contributed by atoms with van der Waals surface area (Å²) < 4.78 is 10.8. The first-order valence-electron chi connectivity index (χ1n) is 5.32. The third-order valence-electron chi connectivity index (χ3n) is 2.42. The molecule has 0 spiro atoms. The van der Waals surface area contributed by atoms with Crippen LogP contribution >= 0.6 is 0 Å². The predicted molar refractivity (Wildman–Crippen MR) is 58.6 cm³/mol. The molecular formula is C12H15NO3. The number of ether oxygens (including phenoxy) is 2. The van der Waals surface area contributed by atoms with Crippen molar-refractivity contribution in [3.63, 3.8) is 0 Å². The molecule has 4 nitrogen and oxygen atoms in total. The molecule has 1 aromatic rings. The summed E-state index contributed by atoms with van der Waals surface area (Å²) in [5.41, 5.74) is 2.08. The molecule has 1 saturated heterocycles. The van der Waals surface area contributed by atoms with Crippen LogP contribution in [0, 0.1) is 0 Å². The Labute approximate surface area is 94.6 Å². The molecule has 0 unspecified atom stereocenters. The summed E-state index contributed by atoms with van der Waals surface area (Å²) >= 11 is 0. The van der Waals surface area contributed by atoms with Crippen LogP contribution in [0.4, 0.5) is 0 Å². The van der Waals surface area contributed by atoms with Crippen molar-refractivity contribution in [1.82, 2.24) is 5.32 Å². The first kappa shape index (κ1) is 11.1. The van der Waals surface area contributed by atoms with Crippen molar-refractivity contribution in [2.24, 2.45) is 0 Å². The van der Waals surface area contributed by atoms with Crippen LogP contribution in [0.25, 0.3) is 0 Å². The molecule has 1 heterocycles. The van der Waals surface area contributed by atoms with Gasteiger partial charge in [0.1, 0.15) is 0 Å². The second kappa shape index (κ2) is 5.09. The van der Waals surface area contributed by atoms with E-state index < -0.39 is 0 Å².